The summed E-state index contributed by atoms with van der Waals surface area (Å²) in [6.07, 6.45) is 2.09. The largest absolute Gasteiger partial charge is 0.339 e. The fourth-order valence-electron chi connectivity index (χ4n) is 3.83. The molecule has 0 atom stereocenters. The van der Waals surface area contributed by atoms with E-state index in [0.29, 0.717) is 43.8 Å². The number of hydrogen-bond donors (Lipinski definition) is 0. The molecule has 0 N–H and O–H groups in total. The maximum Gasteiger partial charge on any atom is 0.254 e. The molecule has 7 nitrogen and oxygen atoms in total. The van der Waals surface area contributed by atoms with Gasteiger partial charge in [0.1, 0.15) is 0 Å². The molecule has 7 heteroatoms. The minimum absolute atomic E-state index is 0.0282. The van der Waals surface area contributed by atoms with Crippen LogP contribution in [0.2, 0.25) is 0 Å². The molecule has 3 aromatic rings. The number of hydrogen-bond acceptors (Lipinski definition) is 4. The number of piperazine rings is 1. The van der Waals surface area contributed by atoms with Crippen LogP contribution in [0, 0.1) is 13.8 Å². The Hall–Kier alpha value is -3.22. The Morgan fingerprint density at radius 2 is 1.72 bits per heavy atom. The molecular weight excluding hydrogens is 366 g/mol. The van der Waals surface area contributed by atoms with Gasteiger partial charge in [-0.2, -0.15) is 5.10 Å². The van der Waals surface area contributed by atoms with Crippen LogP contribution >= 0.6 is 0 Å². The zero-order chi connectivity index (χ0) is 20.5. The van der Waals surface area contributed by atoms with Crippen molar-refractivity contribution in [1.82, 2.24) is 24.6 Å². The van der Waals surface area contributed by atoms with E-state index in [1.165, 1.54) is 0 Å². The number of aryl methyl sites for hydroxylation is 3. The number of carbonyl (C=O) groups is 2. The Morgan fingerprint density at radius 1 is 1.03 bits per heavy atom. The average molecular weight is 391 g/mol. The number of fused-ring (bicyclic) bond motifs is 1. The van der Waals surface area contributed by atoms with Crippen LogP contribution in [0.1, 0.15) is 27.2 Å². The lowest BCUT2D eigenvalue weighted by atomic mass is 10.0. The second-order valence-electron chi connectivity index (χ2n) is 7.59. The second kappa shape index (κ2) is 7.66. The number of nitrogens with zero attached hydrogens (tertiary/aromatic N) is 5. The maximum atomic E-state index is 13.1. The summed E-state index contributed by atoms with van der Waals surface area (Å²) in [5, 5.41) is 5.00. The van der Waals surface area contributed by atoms with Crippen molar-refractivity contribution in [3.63, 3.8) is 0 Å². The van der Waals surface area contributed by atoms with E-state index in [4.69, 9.17) is 0 Å². The van der Waals surface area contributed by atoms with Gasteiger partial charge in [0.15, 0.2) is 5.65 Å². The van der Waals surface area contributed by atoms with E-state index in [0.717, 1.165) is 22.2 Å². The van der Waals surface area contributed by atoms with Gasteiger partial charge in [0.05, 0.1) is 23.6 Å². The zero-order valence-corrected chi connectivity index (χ0v) is 17.1. The van der Waals surface area contributed by atoms with E-state index < -0.39 is 0 Å². The summed E-state index contributed by atoms with van der Waals surface area (Å²) in [6, 6.07) is 9.78. The van der Waals surface area contributed by atoms with E-state index in [1.807, 2.05) is 61.0 Å². The molecule has 1 aromatic carbocycles. The summed E-state index contributed by atoms with van der Waals surface area (Å²) in [5.74, 6) is 0.0836. The van der Waals surface area contributed by atoms with E-state index >= 15 is 0 Å². The summed E-state index contributed by atoms with van der Waals surface area (Å²) in [5.41, 5.74) is 4.31. The fraction of sp³-hybridized carbons (Fsp3) is 0.364. The van der Waals surface area contributed by atoms with E-state index in [-0.39, 0.29) is 11.8 Å². The molecule has 2 amide bonds. The predicted molar refractivity (Wildman–Crippen MR) is 111 cm³/mol. The van der Waals surface area contributed by atoms with Gasteiger partial charge in [-0.3, -0.25) is 14.3 Å². The molecule has 0 aliphatic carbocycles. The first-order valence-electron chi connectivity index (χ1n) is 9.85. The second-order valence-corrected chi connectivity index (χ2v) is 7.59. The monoisotopic (exact) mass is 391 g/mol. The van der Waals surface area contributed by atoms with E-state index in [9.17, 15) is 9.59 Å². The van der Waals surface area contributed by atoms with Gasteiger partial charge in [0, 0.05) is 38.9 Å². The molecule has 29 heavy (non-hydrogen) atoms. The highest BCUT2D eigenvalue weighted by molar-refractivity contribution is 6.05. The Labute approximate surface area is 169 Å². The van der Waals surface area contributed by atoms with Gasteiger partial charge in [0.25, 0.3) is 5.91 Å². The molecule has 1 aliphatic heterocycles. The molecule has 0 unspecified atom stereocenters. The highest BCUT2D eigenvalue weighted by Crippen LogP contribution is 2.20. The summed E-state index contributed by atoms with van der Waals surface area (Å²) in [6.45, 7) is 6.07. The van der Waals surface area contributed by atoms with Gasteiger partial charge in [-0.25, -0.2) is 4.98 Å². The smallest absolute Gasteiger partial charge is 0.254 e. The van der Waals surface area contributed by atoms with Gasteiger partial charge in [-0.1, -0.05) is 24.3 Å². The topological polar surface area (TPSA) is 71.3 Å². The van der Waals surface area contributed by atoms with E-state index in [2.05, 4.69) is 10.1 Å². The van der Waals surface area contributed by atoms with Crippen LogP contribution in [0.4, 0.5) is 0 Å². The molecule has 2 aromatic heterocycles. The summed E-state index contributed by atoms with van der Waals surface area (Å²) < 4.78 is 1.68. The van der Waals surface area contributed by atoms with Crippen LogP contribution < -0.4 is 0 Å². The van der Waals surface area contributed by atoms with Crippen LogP contribution in [0.3, 0.4) is 0 Å². The highest BCUT2D eigenvalue weighted by Gasteiger charge is 2.26. The van der Waals surface area contributed by atoms with Crippen molar-refractivity contribution < 1.29 is 9.59 Å². The summed E-state index contributed by atoms with van der Waals surface area (Å²) >= 11 is 0. The molecule has 1 fully saturated rings. The summed E-state index contributed by atoms with van der Waals surface area (Å²) in [7, 11) is 1.82. The lowest BCUT2D eigenvalue weighted by Crippen LogP contribution is -2.51. The molecular formula is C22H25N5O2. The van der Waals surface area contributed by atoms with Crippen LogP contribution in [0.15, 0.2) is 36.5 Å². The zero-order valence-electron chi connectivity index (χ0n) is 17.1. The standard InChI is InChI=1S/C22H25N5O2/c1-15-6-4-5-7-17(15)13-20(28)26-8-10-27(11-9-26)22(29)18-12-16(2)24-21-19(18)14-23-25(21)3/h4-7,12,14H,8-11,13H2,1-3H3. The number of benzene rings is 1. The molecule has 150 valence electrons. The van der Waals surface area contributed by atoms with Crippen molar-refractivity contribution in [2.75, 3.05) is 26.2 Å². The van der Waals surface area contributed by atoms with Crippen LogP contribution in [0.25, 0.3) is 11.0 Å². The third-order valence-electron chi connectivity index (χ3n) is 5.59. The van der Waals surface area contributed by atoms with Crippen LogP contribution in [-0.4, -0.2) is 62.6 Å². The highest BCUT2D eigenvalue weighted by atomic mass is 16.2. The van der Waals surface area contributed by atoms with Gasteiger partial charge in [0.2, 0.25) is 5.91 Å². The van der Waals surface area contributed by atoms with Crippen molar-refractivity contribution in [3.05, 3.63) is 58.9 Å². The SMILES string of the molecule is Cc1cc(C(=O)N2CCN(C(=O)Cc3ccccc3C)CC2)c2cnn(C)c2n1. The molecule has 3 heterocycles. The van der Waals surface area contributed by atoms with Crippen molar-refractivity contribution in [1.29, 1.82) is 0 Å². The Bertz CT molecular complexity index is 1080. The third kappa shape index (κ3) is 3.72. The molecule has 0 saturated carbocycles. The number of aromatic nitrogens is 3. The predicted octanol–water partition coefficient (Wildman–Crippen LogP) is 2.11. The van der Waals surface area contributed by atoms with Crippen LogP contribution in [0.5, 0.6) is 0 Å². The van der Waals surface area contributed by atoms with Crippen LogP contribution in [-0.2, 0) is 18.3 Å². The van der Waals surface area contributed by atoms with Gasteiger partial charge < -0.3 is 9.80 Å². The third-order valence-corrected chi connectivity index (χ3v) is 5.59. The average Bonchev–Trinajstić information content (AvgIpc) is 3.09. The molecule has 0 bridgehead atoms. The first-order chi connectivity index (χ1) is 13.9. The molecule has 0 spiro atoms. The van der Waals surface area contributed by atoms with Gasteiger partial charge in [-0.15, -0.1) is 0 Å². The van der Waals surface area contributed by atoms with E-state index in [1.54, 1.807) is 10.9 Å². The summed E-state index contributed by atoms with van der Waals surface area (Å²) in [4.78, 5) is 34.0. The molecule has 4 rings (SSSR count). The Kier molecular flexibility index (Phi) is 5.05. The first-order valence-corrected chi connectivity index (χ1v) is 9.85. The normalized spacial score (nSPS) is 14.4. The number of carbonyl (C=O) groups excluding carboxylic acids is 2. The lowest BCUT2D eigenvalue weighted by molar-refractivity contribution is -0.131. The number of amides is 2. The Morgan fingerprint density at radius 3 is 2.45 bits per heavy atom. The fourth-order valence-corrected chi connectivity index (χ4v) is 3.83. The van der Waals surface area contributed by atoms with Crippen molar-refractivity contribution in [3.8, 4) is 0 Å². The maximum absolute atomic E-state index is 13.1. The lowest BCUT2D eigenvalue weighted by Gasteiger charge is -2.35. The van der Waals surface area contributed by atoms with Crippen molar-refractivity contribution in [2.45, 2.75) is 20.3 Å². The number of rotatable bonds is 3. The minimum Gasteiger partial charge on any atom is -0.339 e. The molecule has 0 radical (unpaired) electrons. The first kappa shape index (κ1) is 19.1. The van der Waals surface area contributed by atoms with Gasteiger partial charge in [-0.05, 0) is 31.0 Å². The number of pyridine rings is 1. The molecule has 1 aliphatic rings. The quantitative estimate of drug-likeness (QED) is 0.686. The van der Waals surface area contributed by atoms with Gasteiger partial charge >= 0.3 is 0 Å². The molecule has 1 saturated heterocycles. The van der Waals surface area contributed by atoms with Crippen molar-refractivity contribution >= 4 is 22.8 Å². The minimum atomic E-state index is -0.0282. The Balaban J connectivity index is 1.44. The van der Waals surface area contributed by atoms with Crippen molar-refractivity contribution in [2.24, 2.45) is 7.05 Å².